The lowest BCUT2D eigenvalue weighted by Crippen LogP contribution is -2.35. The number of rotatable bonds is 3. The van der Waals surface area contributed by atoms with Gasteiger partial charge < -0.3 is 5.73 Å². The van der Waals surface area contributed by atoms with E-state index in [1.54, 1.807) is 6.19 Å². The van der Waals surface area contributed by atoms with Crippen LogP contribution < -0.4 is 11.1 Å². The number of nitriles is 1. The highest BCUT2D eigenvalue weighted by atomic mass is 32.2. The molecular formula is C12H16N4O2S. The van der Waals surface area contributed by atoms with Crippen LogP contribution in [0.3, 0.4) is 0 Å². The van der Waals surface area contributed by atoms with E-state index in [-0.39, 0.29) is 10.6 Å². The summed E-state index contributed by atoms with van der Waals surface area (Å²) in [5, 5.41) is 10.9. The monoisotopic (exact) mass is 280 g/mol. The van der Waals surface area contributed by atoms with Gasteiger partial charge in [-0.2, -0.15) is 9.57 Å². The molecule has 102 valence electrons. The van der Waals surface area contributed by atoms with Gasteiger partial charge in [0.2, 0.25) is 10.0 Å². The van der Waals surface area contributed by atoms with Crippen LogP contribution in [0.4, 0.5) is 11.4 Å². The summed E-state index contributed by atoms with van der Waals surface area (Å²) in [4.78, 5) is 0.176. The predicted molar refractivity (Wildman–Crippen MR) is 72.7 cm³/mol. The zero-order chi connectivity index (χ0) is 13.9. The second-order valence-electron chi connectivity index (χ2n) is 4.45. The van der Waals surface area contributed by atoms with Crippen LogP contribution >= 0.6 is 0 Å². The Bertz CT molecular complexity index is 601. The normalized spacial score (nSPS) is 16.8. The molecule has 1 heterocycles. The molecule has 3 N–H and O–H groups in total. The number of sulfonamides is 1. The smallest absolute Gasteiger partial charge is 0.243 e. The second-order valence-corrected chi connectivity index (χ2v) is 6.39. The molecule has 1 aromatic rings. The largest absolute Gasteiger partial charge is 0.397 e. The lowest BCUT2D eigenvalue weighted by molar-refractivity contribution is 0.346. The van der Waals surface area contributed by atoms with Crippen LogP contribution in [-0.2, 0) is 10.0 Å². The van der Waals surface area contributed by atoms with E-state index in [2.05, 4.69) is 5.32 Å². The number of nitrogens with zero attached hydrogens (tertiary/aromatic N) is 2. The van der Waals surface area contributed by atoms with Crippen LogP contribution in [0.1, 0.15) is 19.3 Å². The van der Waals surface area contributed by atoms with E-state index in [0.29, 0.717) is 18.8 Å². The molecule has 1 aliphatic heterocycles. The third kappa shape index (κ3) is 2.80. The number of hydrogen-bond donors (Lipinski definition) is 2. The Balaban J connectivity index is 2.30. The van der Waals surface area contributed by atoms with Crippen molar-refractivity contribution in [2.75, 3.05) is 24.1 Å². The number of benzene rings is 1. The molecule has 7 heteroatoms. The SMILES string of the molecule is N#CNc1ccc(S(=O)(=O)N2CCCCC2)cc1N. The molecular weight excluding hydrogens is 264 g/mol. The summed E-state index contributed by atoms with van der Waals surface area (Å²) >= 11 is 0. The van der Waals surface area contributed by atoms with Crippen LogP contribution in [0, 0.1) is 11.5 Å². The van der Waals surface area contributed by atoms with Crippen LogP contribution in [0.25, 0.3) is 0 Å². The Labute approximate surface area is 112 Å². The highest BCUT2D eigenvalue weighted by Crippen LogP contribution is 2.26. The van der Waals surface area contributed by atoms with Gasteiger partial charge in [0, 0.05) is 13.1 Å². The first kappa shape index (κ1) is 13.6. The first-order valence-electron chi connectivity index (χ1n) is 6.10. The Morgan fingerprint density at radius 3 is 2.53 bits per heavy atom. The summed E-state index contributed by atoms with van der Waals surface area (Å²) in [5.74, 6) is 0. The first-order valence-corrected chi connectivity index (χ1v) is 7.54. The molecule has 1 aliphatic rings. The lowest BCUT2D eigenvalue weighted by Gasteiger charge is -2.26. The Morgan fingerprint density at radius 1 is 1.26 bits per heavy atom. The van der Waals surface area contributed by atoms with Gasteiger partial charge >= 0.3 is 0 Å². The molecule has 1 fully saturated rings. The summed E-state index contributed by atoms with van der Waals surface area (Å²) in [6, 6.07) is 4.37. The minimum atomic E-state index is -3.47. The van der Waals surface area contributed by atoms with E-state index in [1.165, 1.54) is 22.5 Å². The molecule has 0 bridgehead atoms. The van der Waals surface area contributed by atoms with Crippen LogP contribution in [0.2, 0.25) is 0 Å². The molecule has 0 amide bonds. The van der Waals surface area contributed by atoms with Crippen molar-refractivity contribution in [3.8, 4) is 6.19 Å². The second kappa shape index (κ2) is 5.47. The topological polar surface area (TPSA) is 99.2 Å². The number of piperidine rings is 1. The summed E-state index contributed by atoms with van der Waals surface area (Å²) in [6.45, 7) is 1.11. The van der Waals surface area contributed by atoms with Gasteiger partial charge in [0.15, 0.2) is 6.19 Å². The van der Waals surface area contributed by atoms with Crippen molar-refractivity contribution >= 4 is 21.4 Å². The van der Waals surface area contributed by atoms with Gasteiger partial charge in [-0.15, -0.1) is 0 Å². The number of nitrogens with one attached hydrogen (secondary N) is 1. The number of nitrogens with two attached hydrogens (primary N) is 1. The number of hydrogen-bond acceptors (Lipinski definition) is 5. The molecule has 1 aromatic carbocycles. The Morgan fingerprint density at radius 2 is 1.95 bits per heavy atom. The summed E-state index contributed by atoms with van der Waals surface area (Å²) in [5.41, 5.74) is 6.40. The maximum atomic E-state index is 12.4. The molecule has 19 heavy (non-hydrogen) atoms. The third-order valence-corrected chi connectivity index (χ3v) is 5.06. The van der Waals surface area contributed by atoms with Crippen molar-refractivity contribution in [1.29, 1.82) is 5.26 Å². The van der Waals surface area contributed by atoms with Crippen molar-refractivity contribution in [3.05, 3.63) is 18.2 Å². The van der Waals surface area contributed by atoms with Gasteiger partial charge in [-0.25, -0.2) is 8.42 Å². The van der Waals surface area contributed by atoms with Crippen LogP contribution in [0.15, 0.2) is 23.1 Å². The van der Waals surface area contributed by atoms with E-state index in [1.807, 2.05) is 0 Å². The zero-order valence-electron chi connectivity index (χ0n) is 10.5. The number of anilines is 2. The molecule has 0 saturated carbocycles. The average Bonchev–Trinajstić information content (AvgIpc) is 2.42. The molecule has 0 radical (unpaired) electrons. The fraction of sp³-hybridized carbons (Fsp3) is 0.417. The van der Waals surface area contributed by atoms with Crippen LogP contribution in [-0.4, -0.2) is 25.8 Å². The highest BCUT2D eigenvalue weighted by molar-refractivity contribution is 7.89. The van der Waals surface area contributed by atoms with Gasteiger partial charge in [0.25, 0.3) is 0 Å². The molecule has 1 saturated heterocycles. The lowest BCUT2D eigenvalue weighted by atomic mass is 10.2. The van der Waals surface area contributed by atoms with Crippen molar-refractivity contribution in [3.63, 3.8) is 0 Å². The van der Waals surface area contributed by atoms with E-state index in [0.717, 1.165) is 19.3 Å². The maximum absolute atomic E-state index is 12.4. The fourth-order valence-corrected chi connectivity index (χ4v) is 3.68. The molecule has 0 aromatic heterocycles. The molecule has 0 aliphatic carbocycles. The molecule has 6 nitrogen and oxygen atoms in total. The van der Waals surface area contributed by atoms with Crippen molar-refractivity contribution in [1.82, 2.24) is 4.31 Å². The van der Waals surface area contributed by atoms with E-state index >= 15 is 0 Å². The molecule has 0 atom stereocenters. The third-order valence-electron chi connectivity index (χ3n) is 3.17. The number of nitrogen functional groups attached to an aromatic ring is 1. The summed E-state index contributed by atoms with van der Waals surface area (Å²) in [6.07, 6.45) is 4.61. The van der Waals surface area contributed by atoms with Crippen molar-refractivity contribution in [2.24, 2.45) is 0 Å². The van der Waals surface area contributed by atoms with E-state index in [4.69, 9.17) is 11.0 Å². The van der Waals surface area contributed by atoms with Gasteiger partial charge in [0.05, 0.1) is 16.3 Å². The zero-order valence-corrected chi connectivity index (χ0v) is 11.3. The maximum Gasteiger partial charge on any atom is 0.243 e. The minimum absolute atomic E-state index is 0.176. The predicted octanol–water partition coefficient (Wildman–Crippen LogP) is 1.34. The van der Waals surface area contributed by atoms with E-state index in [9.17, 15) is 8.42 Å². The van der Waals surface area contributed by atoms with Crippen LogP contribution in [0.5, 0.6) is 0 Å². The van der Waals surface area contributed by atoms with Gasteiger partial charge in [0.1, 0.15) is 0 Å². The quantitative estimate of drug-likeness (QED) is 0.494. The first-order chi connectivity index (χ1) is 9.05. The molecule has 0 unspecified atom stereocenters. The van der Waals surface area contributed by atoms with E-state index < -0.39 is 10.0 Å². The summed E-state index contributed by atoms with van der Waals surface area (Å²) < 4.78 is 26.3. The Kier molecular flexibility index (Phi) is 3.93. The average molecular weight is 280 g/mol. The fourth-order valence-electron chi connectivity index (χ4n) is 2.13. The highest BCUT2D eigenvalue weighted by Gasteiger charge is 2.26. The van der Waals surface area contributed by atoms with Crippen molar-refractivity contribution < 1.29 is 8.42 Å². The minimum Gasteiger partial charge on any atom is -0.397 e. The molecule has 0 spiro atoms. The van der Waals surface area contributed by atoms with Crippen molar-refractivity contribution in [2.45, 2.75) is 24.2 Å². The standard InChI is InChI=1S/C12H16N4O2S/c13-9-15-12-5-4-10(8-11(12)14)19(17,18)16-6-2-1-3-7-16/h4-5,8,15H,1-3,6-7,14H2. The molecule has 2 rings (SSSR count). The van der Waals surface area contributed by atoms with Gasteiger partial charge in [-0.3, -0.25) is 5.32 Å². The Hall–Kier alpha value is -1.78. The van der Waals surface area contributed by atoms with Gasteiger partial charge in [-0.05, 0) is 31.0 Å². The van der Waals surface area contributed by atoms with Gasteiger partial charge in [-0.1, -0.05) is 6.42 Å². The summed E-state index contributed by atoms with van der Waals surface area (Å²) in [7, 11) is -3.47.